The van der Waals surface area contributed by atoms with Crippen molar-refractivity contribution in [3.05, 3.63) is 68.4 Å². The van der Waals surface area contributed by atoms with Crippen LogP contribution in [0.15, 0.2) is 41.2 Å². The number of fused-ring (bicyclic) bond motifs is 1. The van der Waals surface area contributed by atoms with Gasteiger partial charge in [0.25, 0.3) is 5.56 Å². The highest BCUT2D eigenvalue weighted by Gasteiger charge is 2.15. The zero-order valence-electron chi connectivity index (χ0n) is 12.4. The molecule has 0 amide bonds. The van der Waals surface area contributed by atoms with Crippen molar-refractivity contribution in [2.75, 3.05) is 6.54 Å². The average Bonchev–Trinajstić information content (AvgIpc) is 2.55. The van der Waals surface area contributed by atoms with E-state index < -0.39 is 11.4 Å². The molecule has 1 heterocycles. The minimum Gasteiger partial charge on any atom is -0.271 e. The maximum atomic E-state index is 13.5. The van der Waals surface area contributed by atoms with E-state index >= 15 is 0 Å². The van der Waals surface area contributed by atoms with Gasteiger partial charge in [-0.15, -0.1) is 0 Å². The summed E-state index contributed by atoms with van der Waals surface area (Å²) in [6.07, 6.45) is 0.387. The maximum Gasteiger partial charge on any atom is 0.266 e. The molecule has 5 nitrogen and oxygen atoms in total. The second-order valence-corrected chi connectivity index (χ2v) is 5.97. The summed E-state index contributed by atoms with van der Waals surface area (Å²) in [4.78, 5) is 17.4. The molecule has 24 heavy (non-hydrogen) atoms. The molecule has 0 aliphatic rings. The number of rotatable bonds is 4. The minimum absolute atomic E-state index is 0.172. The Labute approximate surface area is 146 Å². The summed E-state index contributed by atoms with van der Waals surface area (Å²) in [6.45, 7) is 0.407. The monoisotopic (exact) mass is 366 g/mol. The van der Waals surface area contributed by atoms with E-state index in [2.05, 4.69) is 10.4 Å². The third-order valence-corrected chi connectivity index (χ3v) is 4.08. The van der Waals surface area contributed by atoms with Gasteiger partial charge in [0.2, 0.25) is 0 Å². The number of hydrazine groups is 1. The molecule has 0 aliphatic heterocycles. The van der Waals surface area contributed by atoms with Crippen LogP contribution in [0.4, 0.5) is 4.39 Å². The highest BCUT2D eigenvalue weighted by Crippen LogP contribution is 2.25. The van der Waals surface area contributed by atoms with Crippen LogP contribution in [0, 0.1) is 5.82 Å². The molecule has 0 radical (unpaired) electrons. The fraction of sp³-hybridized carbons (Fsp3) is 0.125. The molecule has 1 aromatic heterocycles. The van der Waals surface area contributed by atoms with Gasteiger partial charge in [0.15, 0.2) is 0 Å². The molecule has 0 fully saturated rings. The van der Waals surface area contributed by atoms with E-state index in [0.717, 1.165) is 6.07 Å². The molecular weight excluding hydrogens is 354 g/mol. The van der Waals surface area contributed by atoms with E-state index in [1.807, 2.05) is 0 Å². The van der Waals surface area contributed by atoms with Gasteiger partial charge in [-0.05, 0) is 36.4 Å². The SMILES string of the molecule is NNCCc1nc2ccc(F)cc2c(=O)n1-c1ccc(Cl)cc1Cl. The normalized spacial score (nSPS) is 11.2. The predicted octanol–water partition coefficient (Wildman–Crippen LogP) is 2.84. The van der Waals surface area contributed by atoms with Crippen molar-refractivity contribution >= 4 is 34.1 Å². The molecule has 3 aromatic rings. The lowest BCUT2D eigenvalue weighted by molar-refractivity contribution is 0.629. The second kappa shape index (κ2) is 6.86. The van der Waals surface area contributed by atoms with E-state index in [0.29, 0.717) is 40.0 Å². The van der Waals surface area contributed by atoms with Crippen LogP contribution in [-0.4, -0.2) is 16.1 Å². The lowest BCUT2D eigenvalue weighted by Crippen LogP contribution is -2.29. The van der Waals surface area contributed by atoms with Crippen molar-refractivity contribution in [1.82, 2.24) is 15.0 Å². The van der Waals surface area contributed by atoms with Crippen LogP contribution in [0.2, 0.25) is 10.0 Å². The Morgan fingerprint density at radius 1 is 1.21 bits per heavy atom. The standard InChI is InChI=1S/C16H13Cl2FN4O/c17-9-1-4-14(12(18)7-9)23-15(5-6-21-20)22-13-3-2-10(19)8-11(13)16(23)24/h1-4,7-8,21H,5-6,20H2. The van der Waals surface area contributed by atoms with Gasteiger partial charge in [-0.2, -0.15) is 0 Å². The molecule has 0 spiro atoms. The number of halogens is 3. The van der Waals surface area contributed by atoms with Crippen LogP contribution in [0.5, 0.6) is 0 Å². The molecule has 0 aliphatic carbocycles. The first kappa shape index (κ1) is 16.9. The minimum atomic E-state index is -0.508. The first-order valence-corrected chi connectivity index (χ1v) is 7.87. The summed E-state index contributed by atoms with van der Waals surface area (Å²) in [7, 11) is 0. The molecule has 0 atom stereocenters. The predicted molar refractivity (Wildman–Crippen MR) is 93.2 cm³/mol. The summed E-state index contributed by atoms with van der Waals surface area (Å²) in [5.74, 6) is 5.28. The Balaban J connectivity index is 2.34. The molecule has 124 valence electrons. The van der Waals surface area contributed by atoms with Crippen LogP contribution in [0.25, 0.3) is 16.6 Å². The van der Waals surface area contributed by atoms with Crippen molar-refractivity contribution in [2.45, 2.75) is 6.42 Å². The third kappa shape index (κ3) is 3.14. The first-order valence-electron chi connectivity index (χ1n) is 7.11. The van der Waals surface area contributed by atoms with Gasteiger partial charge >= 0.3 is 0 Å². The summed E-state index contributed by atoms with van der Waals surface area (Å²) >= 11 is 12.2. The summed E-state index contributed by atoms with van der Waals surface area (Å²) < 4.78 is 14.9. The molecule has 3 N–H and O–H groups in total. The Kier molecular flexibility index (Phi) is 4.82. The van der Waals surface area contributed by atoms with E-state index in [9.17, 15) is 9.18 Å². The summed E-state index contributed by atoms with van der Waals surface area (Å²) in [5, 5.41) is 0.913. The fourth-order valence-corrected chi connectivity index (χ4v) is 2.96. The molecule has 0 bridgehead atoms. The van der Waals surface area contributed by atoms with Crippen molar-refractivity contribution < 1.29 is 4.39 Å². The average molecular weight is 367 g/mol. The number of benzene rings is 2. The number of hydrogen-bond acceptors (Lipinski definition) is 4. The highest BCUT2D eigenvalue weighted by atomic mass is 35.5. The van der Waals surface area contributed by atoms with Crippen LogP contribution < -0.4 is 16.8 Å². The van der Waals surface area contributed by atoms with E-state index in [1.165, 1.54) is 22.8 Å². The zero-order chi connectivity index (χ0) is 17.3. The summed E-state index contributed by atoms with van der Waals surface area (Å²) in [5.41, 5.74) is 2.96. The Hall–Kier alpha value is -1.99. The maximum absolute atomic E-state index is 13.5. The smallest absolute Gasteiger partial charge is 0.266 e. The zero-order valence-corrected chi connectivity index (χ0v) is 13.9. The number of nitrogens with zero attached hydrogens (tertiary/aromatic N) is 2. The van der Waals surface area contributed by atoms with E-state index in [4.69, 9.17) is 29.0 Å². The molecule has 0 saturated carbocycles. The van der Waals surface area contributed by atoms with Crippen LogP contribution in [0.3, 0.4) is 0 Å². The fourth-order valence-electron chi connectivity index (χ4n) is 2.47. The third-order valence-electron chi connectivity index (χ3n) is 3.54. The van der Waals surface area contributed by atoms with Crippen LogP contribution in [0.1, 0.15) is 5.82 Å². The van der Waals surface area contributed by atoms with Crippen LogP contribution >= 0.6 is 23.2 Å². The van der Waals surface area contributed by atoms with Gasteiger partial charge in [0, 0.05) is 18.0 Å². The van der Waals surface area contributed by atoms with E-state index in [1.54, 1.807) is 12.1 Å². The Morgan fingerprint density at radius 2 is 2.00 bits per heavy atom. The van der Waals surface area contributed by atoms with Gasteiger partial charge in [-0.3, -0.25) is 20.6 Å². The highest BCUT2D eigenvalue weighted by molar-refractivity contribution is 6.35. The van der Waals surface area contributed by atoms with Gasteiger partial charge in [-0.25, -0.2) is 9.37 Å². The largest absolute Gasteiger partial charge is 0.271 e. The Morgan fingerprint density at radius 3 is 2.71 bits per heavy atom. The van der Waals surface area contributed by atoms with Gasteiger partial charge in [0.05, 0.1) is 21.6 Å². The van der Waals surface area contributed by atoms with Crippen LogP contribution in [-0.2, 0) is 6.42 Å². The topological polar surface area (TPSA) is 72.9 Å². The molecular formula is C16H13Cl2FN4O. The van der Waals surface area contributed by atoms with Crippen molar-refractivity contribution in [2.24, 2.45) is 5.84 Å². The number of hydrogen-bond donors (Lipinski definition) is 2. The summed E-state index contributed by atoms with van der Waals surface area (Å²) in [6, 6.07) is 8.67. The van der Waals surface area contributed by atoms with Gasteiger partial charge < -0.3 is 0 Å². The Bertz CT molecular complexity index is 974. The second-order valence-electron chi connectivity index (χ2n) is 5.13. The molecule has 8 heteroatoms. The van der Waals surface area contributed by atoms with E-state index in [-0.39, 0.29) is 5.39 Å². The lowest BCUT2D eigenvalue weighted by Gasteiger charge is -2.15. The van der Waals surface area contributed by atoms with Gasteiger partial charge in [-0.1, -0.05) is 23.2 Å². The molecule has 0 unspecified atom stereocenters. The lowest BCUT2D eigenvalue weighted by atomic mass is 10.2. The van der Waals surface area contributed by atoms with Gasteiger partial charge in [0.1, 0.15) is 11.6 Å². The molecule has 0 saturated heterocycles. The molecule has 2 aromatic carbocycles. The number of aromatic nitrogens is 2. The van der Waals surface area contributed by atoms with Crippen molar-refractivity contribution in [3.63, 3.8) is 0 Å². The number of nitrogens with two attached hydrogens (primary N) is 1. The first-order chi connectivity index (χ1) is 11.5. The molecule has 3 rings (SSSR count). The number of nitrogens with one attached hydrogen (secondary N) is 1. The quantitative estimate of drug-likeness (QED) is 0.550. The van der Waals surface area contributed by atoms with Crippen molar-refractivity contribution in [3.8, 4) is 5.69 Å². The van der Waals surface area contributed by atoms with Crippen molar-refractivity contribution in [1.29, 1.82) is 0 Å².